The number of nitrogens with zero attached hydrogens (tertiary/aromatic N) is 2. The van der Waals surface area contributed by atoms with Crippen LogP contribution in [-0.4, -0.2) is 24.0 Å². The van der Waals surface area contributed by atoms with Gasteiger partial charge in [-0.05, 0) is 36.1 Å². The quantitative estimate of drug-likeness (QED) is 0.609. The van der Waals surface area contributed by atoms with Crippen molar-refractivity contribution < 1.29 is 4.39 Å². The van der Waals surface area contributed by atoms with Gasteiger partial charge in [-0.1, -0.05) is 31.2 Å². The van der Waals surface area contributed by atoms with E-state index in [4.69, 9.17) is 17.3 Å². The predicted molar refractivity (Wildman–Crippen MR) is 95.7 cm³/mol. The molecular formula is C15H19ClFN3SSi. The molecular weight excluding hydrogens is 337 g/mol. The number of hydrogen-bond acceptors (Lipinski definition) is 4. The Labute approximate surface area is 140 Å². The Balaban J connectivity index is 2.17. The number of rotatable bonds is 5. The number of thioether (sulfide) groups is 1. The largest absolute Gasteiger partial charge is 0.396 e. The summed E-state index contributed by atoms with van der Waals surface area (Å²) in [6.07, 6.45) is 0. The zero-order chi connectivity index (χ0) is 16.3. The summed E-state index contributed by atoms with van der Waals surface area (Å²) in [5.74, 6) is 0.580. The first kappa shape index (κ1) is 17.2. The molecule has 0 aliphatic carbocycles. The molecule has 0 aliphatic heterocycles. The molecule has 2 aromatic rings. The highest BCUT2D eigenvalue weighted by atomic mass is 35.5. The fourth-order valence-electron chi connectivity index (χ4n) is 1.79. The van der Waals surface area contributed by atoms with Crippen molar-refractivity contribution in [2.24, 2.45) is 0 Å². The van der Waals surface area contributed by atoms with Gasteiger partial charge >= 0.3 is 0 Å². The van der Waals surface area contributed by atoms with Crippen LogP contribution in [-0.2, 0) is 0 Å². The SMILES string of the molecule is C[Si](C)(C)CCSc1nnc(-c2cc(Cl)ccc2F)cc1N. The maximum Gasteiger partial charge on any atom is 0.142 e. The summed E-state index contributed by atoms with van der Waals surface area (Å²) < 4.78 is 13.9. The first-order valence-electron chi connectivity index (χ1n) is 6.98. The molecule has 0 amide bonds. The van der Waals surface area contributed by atoms with E-state index in [-0.39, 0.29) is 0 Å². The maximum atomic E-state index is 13.9. The molecule has 1 heterocycles. The number of hydrogen-bond donors (Lipinski definition) is 1. The van der Waals surface area contributed by atoms with Crippen LogP contribution in [0.4, 0.5) is 10.1 Å². The van der Waals surface area contributed by atoms with Crippen LogP contribution in [0, 0.1) is 5.82 Å². The summed E-state index contributed by atoms with van der Waals surface area (Å²) in [7, 11) is -1.08. The molecule has 22 heavy (non-hydrogen) atoms. The average molecular weight is 356 g/mol. The topological polar surface area (TPSA) is 51.8 Å². The molecule has 0 saturated carbocycles. The van der Waals surface area contributed by atoms with E-state index >= 15 is 0 Å². The standard InChI is InChI=1S/C15H19ClFN3SSi/c1-22(2,3)7-6-21-15-13(18)9-14(19-20-15)11-8-10(16)4-5-12(11)17/h4-5,8-9H,6-7H2,1-3H3,(H2,18,19). The average Bonchev–Trinajstić information content (AvgIpc) is 2.42. The lowest BCUT2D eigenvalue weighted by molar-refractivity contribution is 0.630. The molecule has 2 N–H and O–H groups in total. The second-order valence-electron chi connectivity index (χ2n) is 6.27. The third-order valence-corrected chi connectivity index (χ3v) is 6.43. The van der Waals surface area contributed by atoms with Crippen LogP contribution in [0.25, 0.3) is 11.3 Å². The van der Waals surface area contributed by atoms with Gasteiger partial charge in [-0.3, -0.25) is 0 Å². The molecule has 0 bridgehead atoms. The molecule has 0 fully saturated rings. The first-order chi connectivity index (χ1) is 10.3. The Kier molecular flexibility index (Phi) is 5.47. The minimum atomic E-state index is -1.08. The smallest absolute Gasteiger partial charge is 0.142 e. The highest BCUT2D eigenvalue weighted by Gasteiger charge is 2.15. The van der Waals surface area contributed by atoms with Crippen molar-refractivity contribution in [3.05, 3.63) is 35.1 Å². The highest BCUT2D eigenvalue weighted by Crippen LogP contribution is 2.30. The van der Waals surface area contributed by atoms with Gasteiger partial charge in [-0.25, -0.2) is 4.39 Å². The fraction of sp³-hybridized carbons (Fsp3) is 0.333. The minimum absolute atomic E-state index is 0.311. The van der Waals surface area contributed by atoms with Gasteiger partial charge in [0, 0.05) is 18.7 Å². The molecule has 2 rings (SSSR count). The lowest BCUT2D eigenvalue weighted by Crippen LogP contribution is -2.19. The van der Waals surface area contributed by atoms with Gasteiger partial charge < -0.3 is 5.73 Å². The monoisotopic (exact) mass is 355 g/mol. The molecule has 0 unspecified atom stereocenters. The Morgan fingerprint density at radius 1 is 1.23 bits per heavy atom. The van der Waals surface area contributed by atoms with Crippen molar-refractivity contribution in [3.63, 3.8) is 0 Å². The Morgan fingerprint density at radius 3 is 2.59 bits per heavy atom. The molecule has 3 nitrogen and oxygen atoms in total. The van der Waals surface area contributed by atoms with Crippen LogP contribution in [0.5, 0.6) is 0 Å². The van der Waals surface area contributed by atoms with E-state index in [0.717, 1.165) is 5.75 Å². The zero-order valence-electron chi connectivity index (χ0n) is 12.9. The predicted octanol–water partition coefficient (Wildman–Crippen LogP) is 4.95. The van der Waals surface area contributed by atoms with E-state index in [2.05, 4.69) is 29.8 Å². The van der Waals surface area contributed by atoms with E-state index in [0.29, 0.717) is 27.0 Å². The van der Waals surface area contributed by atoms with Crippen molar-refractivity contribution in [1.29, 1.82) is 0 Å². The number of halogens is 2. The van der Waals surface area contributed by atoms with Crippen LogP contribution in [0.3, 0.4) is 0 Å². The van der Waals surface area contributed by atoms with Gasteiger partial charge in [0.05, 0.1) is 11.4 Å². The summed E-state index contributed by atoms with van der Waals surface area (Å²) in [4.78, 5) is 0. The molecule has 7 heteroatoms. The third-order valence-electron chi connectivity index (χ3n) is 3.08. The van der Waals surface area contributed by atoms with Gasteiger partial charge in [-0.2, -0.15) is 0 Å². The van der Waals surface area contributed by atoms with E-state index < -0.39 is 13.9 Å². The summed E-state index contributed by atoms with van der Waals surface area (Å²) in [5.41, 5.74) is 7.25. The van der Waals surface area contributed by atoms with Crippen molar-refractivity contribution in [1.82, 2.24) is 10.2 Å². The number of aromatic nitrogens is 2. The summed E-state index contributed by atoms with van der Waals surface area (Å²) in [5, 5.41) is 9.38. The second kappa shape index (κ2) is 6.98. The van der Waals surface area contributed by atoms with Crippen molar-refractivity contribution in [2.45, 2.75) is 30.7 Å². The van der Waals surface area contributed by atoms with Gasteiger partial charge in [0.25, 0.3) is 0 Å². The van der Waals surface area contributed by atoms with E-state index in [1.807, 2.05) is 0 Å². The lowest BCUT2D eigenvalue weighted by atomic mass is 10.1. The van der Waals surface area contributed by atoms with E-state index in [1.54, 1.807) is 17.8 Å². The Morgan fingerprint density at radius 2 is 1.95 bits per heavy atom. The highest BCUT2D eigenvalue weighted by molar-refractivity contribution is 7.99. The van der Waals surface area contributed by atoms with Gasteiger partial charge in [-0.15, -0.1) is 22.0 Å². The van der Waals surface area contributed by atoms with E-state index in [1.165, 1.54) is 24.2 Å². The minimum Gasteiger partial charge on any atom is -0.396 e. The molecule has 0 radical (unpaired) electrons. The van der Waals surface area contributed by atoms with Crippen LogP contribution in [0.2, 0.25) is 30.7 Å². The Hall–Kier alpha value is -1.11. The van der Waals surface area contributed by atoms with Crippen molar-refractivity contribution >= 4 is 37.1 Å². The fourth-order valence-corrected chi connectivity index (χ4v) is 5.33. The Bertz CT molecular complexity index is 676. The van der Waals surface area contributed by atoms with Crippen molar-refractivity contribution in [2.75, 3.05) is 11.5 Å². The van der Waals surface area contributed by atoms with Gasteiger partial charge in [0.2, 0.25) is 0 Å². The number of nitrogen functional groups attached to an aromatic ring is 1. The molecule has 118 valence electrons. The molecule has 0 aliphatic rings. The van der Waals surface area contributed by atoms with Gasteiger partial charge in [0.1, 0.15) is 10.8 Å². The zero-order valence-corrected chi connectivity index (χ0v) is 15.4. The first-order valence-corrected chi connectivity index (χ1v) is 12.0. The van der Waals surface area contributed by atoms with Crippen LogP contribution < -0.4 is 5.73 Å². The number of benzene rings is 1. The summed E-state index contributed by atoms with van der Waals surface area (Å²) >= 11 is 7.50. The molecule has 0 spiro atoms. The number of anilines is 1. The van der Waals surface area contributed by atoms with Crippen LogP contribution in [0.1, 0.15) is 0 Å². The third kappa shape index (κ3) is 4.69. The normalized spacial score (nSPS) is 11.7. The van der Waals surface area contributed by atoms with Gasteiger partial charge in [0.15, 0.2) is 0 Å². The number of nitrogens with two attached hydrogens (primary N) is 1. The second-order valence-corrected chi connectivity index (χ2v) is 13.4. The molecule has 1 aromatic heterocycles. The maximum absolute atomic E-state index is 13.9. The van der Waals surface area contributed by atoms with Crippen molar-refractivity contribution in [3.8, 4) is 11.3 Å². The van der Waals surface area contributed by atoms with E-state index in [9.17, 15) is 4.39 Å². The molecule has 0 atom stereocenters. The molecule has 0 saturated heterocycles. The van der Waals surface area contributed by atoms with Crippen LogP contribution >= 0.6 is 23.4 Å². The molecule has 1 aromatic carbocycles. The van der Waals surface area contributed by atoms with Crippen LogP contribution in [0.15, 0.2) is 29.3 Å². The summed E-state index contributed by atoms with van der Waals surface area (Å²) in [6.45, 7) is 6.98. The lowest BCUT2D eigenvalue weighted by Gasteiger charge is -2.15. The summed E-state index contributed by atoms with van der Waals surface area (Å²) in [6, 6.07) is 7.17.